The lowest BCUT2D eigenvalue weighted by atomic mass is 10.2. The van der Waals surface area contributed by atoms with Crippen LogP contribution in [0.2, 0.25) is 0 Å². The molecule has 18 heavy (non-hydrogen) atoms. The van der Waals surface area contributed by atoms with Gasteiger partial charge in [-0.3, -0.25) is 0 Å². The SMILES string of the molecule is Fc1ccccc1COCCNCc1ccco1. The Hall–Kier alpha value is -1.65. The van der Waals surface area contributed by atoms with E-state index in [9.17, 15) is 4.39 Å². The summed E-state index contributed by atoms with van der Waals surface area (Å²) in [6.45, 7) is 2.22. The van der Waals surface area contributed by atoms with Gasteiger partial charge in [0.1, 0.15) is 11.6 Å². The predicted molar refractivity (Wildman–Crippen MR) is 66.5 cm³/mol. The van der Waals surface area contributed by atoms with Crippen molar-refractivity contribution in [2.45, 2.75) is 13.2 Å². The zero-order valence-electron chi connectivity index (χ0n) is 10.1. The molecule has 1 aromatic heterocycles. The summed E-state index contributed by atoms with van der Waals surface area (Å²) in [5.74, 6) is 0.671. The molecule has 1 N–H and O–H groups in total. The monoisotopic (exact) mass is 249 g/mol. The Morgan fingerprint density at radius 3 is 2.83 bits per heavy atom. The Kier molecular flexibility index (Phi) is 4.93. The van der Waals surface area contributed by atoms with Crippen LogP contribution in [0.1, 0.15) is 11.3 Å². The van der Waals surface area contributed by atoms with Crippen LogP contribution in [0.5, 0.6) is 0 Å². The Balaban J connectivity index is 1.58. The van der Waals surface area contributed by atoms with Gasteiger partial charge in [-0.15, -0.1) is 0 Å². The molecule has 1 heterocycles. The van der Waals surface area contributed by atoms with Crippen molar-refractivity contribution >= 4 is 0 Å². The van der Waals surface area contributed by atoms with Gasteiger partial charge in [-0.2, -0.15) is 0 Å². The lowest BCUT2D eigenvalue weighted by molar-refractivity contribution is 0.120. The van der Waals surface area contributed by atoms with E-state index < -0.39 is 0 Å². The van der Waals surface area contributed by atoms with Crippen LogP contribution in [-0.2, 0) is 17.9 Å². The lowest BCUT2D eigenvalue weighted by Crippen LogP contribution is -2.19. The maximum atomic E-state index is 13.2. The molecular weight excluding hydrogens is 233 g/mol. The minimum atomic E-state index is -0.221. The molecule has 1 aromatic carbocycles. The third-order valence-corrected chi connectivity index (χ3v) is 2.52. The van der Waals surface area contributed by atoms with Crippen LogP contribution in [0, 0.1) is 5.82 Å². The van der Waals surface area contributed by atoms with E-state index in [2.05, 4.69) is 5.32 Å². The summed E-state index contributed by atoms with van der Waals surface area (Å²) < 4.78 is 23.8. The van der Waals surface area contributed by atoms with Gasteiger partial charge in [0, 0.05) is 12.1 Å². The molecule has 0 amide bonds. The quantitative estimate of drug-likeness (QED) is 0.766. The fourth-order valence-electron chi connectivity index (χ4n) is 1.57. The van der Waals surface area contributed by atoms with Crippen molar-refractivity contribution in [2.24, 2.45) is 0 Å². The smallest absolute Gasteiger partial charge is 0.128 e. The first kappa shape index (κ1) is 12.8. The van der Waals surface area contributed by atoms with E-state index >= 15 is 0 Å². The maximum Gasteiger partial charge on any atom is 0.128 e. The van der Waals surface area contributed by atoms with Gasteiger partial charge in [0.2, 0.25) is 0 Å². The number of rotatable bonds is 7. The molecule has 0 radical (unpaired) electrons. The van der Waals surface area contributed by atoms with Crippen molar-refractivity contribution < 1.29 is 13.5 Å². The average Bonchev–Trinajstić information content (AvgIpc) is 2.89. The van der Waals surface area contributed by atoms with Gasteiger partial charge in [-0.05, 0) is 18.2 Å². The molecular formula is C14H16FNO2. The van der Waals surface area contributed by atoms with Crippen molar-refractivity contribution in [3.05, 3.63) is 59.8 Å². The van der Waals surface area contributed by atoms with Crippen molar-refractivity contribution in [3.63, 3.8) is 0 Å². The molecule has 0 bridgehead atoms. The Morgan fingerprint density at radius 1 is 1.17 bits per heavy atom. The number of furan rings is 1. The summed E-state index contributed by atoms with van der Waals surface area (Å²) in [6, 6.07) is 10.4. The molecule has 0 aliphatic heterocycles. The molecule has 3 nitrogen and oxygen atoms in total. The summed E-state index contributed by atoms with van der Waals surface area (Å²) in [4.78, 5) is 0. The highest BCUT2D eigenvalue weighted by atomic mass is 19.1. The largest absolute Gasteiger partial charge is 0.468 e. The van der Waals surface area contributed by atoms with Crippen LogP contribution >= 0.6 is 0 Å². The van der Waals surface area contributed by atoms with Crippen LogP contribution in [0.3, 0.4) is 0 Å². The summed E-state index contributed by atoms with van der Waals surface area (Å²) in [5, 5.41) is 3.18. The second-order valence-corrected chi connectivity index (χ2v) is 3.90. The van der Waals surface area contributed by atoms with Crippen LogP contribution in [0.15, 0.2) is 47.1 Å². The molecule has 4 heteroatoms. The van der Waals surface area contributed by atoms with E-state index in [1.807, 2.05) is 12.1 Å². The van der Waals surface area contributed by atoms with E-state index in [1.54, 1.807) is 24.5 Å². The van der Waals surface area contributed by atoms with Gasteiger partial charge >= 0.3 is 0 Å². The van der Waals surface area contributed by atoms with Crippen LogP contribution in [0.25, 0.3) is 0 Å². The summed E-state index contributed by atoms with van der Waals surface area (Å²) >= 11 is 0. The molecule has 0 aliphatic carbocycles. The van der Waals surface area contributed by atoms with E-state index in [1.165, 1.54) is 6.07 Å². The highest BCUT2D eigenvalue weighted by molar-refractivity contribution is 5.16. The number of nitrogens with one attached hydrogen (secondary N) is 1. The van der Waals surface area contributed by atoms with E-state index in [-0.39, 0.29) is 5.82 Å². The van der Waals surface area contributed by atoms with Gasteiger partial charge in [-0.1, -0.05) is 18.2 Å². The van der Waals surface area contributed by atoms with Crippen LogP contribution < -0.4 is 5.32 Å². The van der Waals surface area contributed by atoms with Crippen molar-refractivity contribution in [1.29, 1.82) is 0 Å². The zero-order chi connectivity index (χ0) is 12.6. The van der Waals surface area contributed by atoms with Crippen molar-refractivity contribution in [1.82, 2.24) is 5.32 Å². The fraction of sp³-hybridized carbons (Fsp3) is 0.286. The molecule has 0 saturated carbocycles. The van der Waals surface area contributed by atoms with Crippen molar-refractivity contribution in [3.8, 4) is 0 Å². The molecule has 0 aliphatic rings. The molecule has 0 unspecified atom stereocenters. The first-order valence-electron chi connectivity index (χ1n) is 5.90. The topological polar surface area (TPSA) is 34.4 Å². The number of halogens is 1. The summed E-state index contributed by atoms with van der Waals surface area (Å²) in [6.07, 6.45) is 1.64. The number of ether oxygens (including phenoxy) is 1. The normalized spacial score (nSPS) is 10.7. The minimum absolute atomic E-state index is 0.221. The minimum Gasteiger partial charge on any atom is -0.468 e. The average molecular weight is 249 g/mol. The van der Waals surface area contributed by atoms with Gasteiger partial charge in [0.15, 0.2) is 0 Å². The molecule has 2 aromatic rings. The Morgan fingerprint density at radius 2 is 2.06 bits per heavy atom. The summed E-state index contributed by atoms with van der Waals surface area (Å²) in [5.41, 5.74) is 0.587. The Bertz CT molecular complexity index is 457. The van der Waals surface area contributed by atoms with E-state index in [0.29, 0.717) is 31.9 Å². The van der Waals surface area contributed by atoms with Gasteiger partial charge in [-0.25, -0.2) is 4.39 Å². The first-order valence-corrected chi connectivity index (χ1v) is 5.90. The van der Waals surface area contributed by atoms with Gasteiger partial charge < -0.3 is 14.5 Å². The predicted octanol–water partition coefficient (Wildman–Crippen LogP) is 2.73. The van der Waals surface area contributed by atoms with Crippen molar-refractivity contribution in [2.75, 3.05) is 13.2 Å². The van der Waals surface area contributed by atoms with Gasteiger partial charge in [0.05, 0.1) is 26.0 Å². The highest BCUT2D eigenvalue weighted by Gasteiger charge is 2.00. The van der Waals surface area contributed by atoms with Crippen LogP contribution in [-0.4, -0.2) is 13.2 Å². The number of benzene rings is 1. The first-order chi connectivity index (χ1) is 8.86. The molecule has 0 spiro atoms. The van der Waals surface area contributed by atoms with E-state index in [0.717, 1.165) is 5.76 Å². The van der Waals surface area contributed by atoms with Gasteiger partial charge in [0.25, 0.3) is 0 Å². The highest BCUT2D eigenvalue weighted by Crippen LogP contribution is 2.07. The molecule has 0 fully saturated rings. The number of hydrogen-bond donors (Lipinski definition) is 1. The maximum absolute atomic E-state index is 13.2. The lowest BCUT2D eigenvalue weighted by Gasteiger charge is -2.06. The molecule has 0 atom stereocenters. The van der Waals surface area contributed by atoms with E-state index in [4.69, 9.17) is 9.15 Å². The standard InChI is InChI=1S/C14H16FNO2/c15-14-6-2-1-4-12(14)11-17-9-7-16-10-13-5-3-8-18-13/h1-6,8,16H,7,9-11H2. The second kappa shape index (κ2) is 6.93. The molecule has 0 saturated heterocycles. The van der Waals surface area contributed by atoms with Crippen LogP contribution in [0.4, 0.5) is 4.39 Å². The summed E-state index contributed by atoms with van der Waals surface area (Å²) in [7, 11) is 0. The molecule has 2 rings (SSSR count). The third kappa shape index (κ3) is 3.98. The zero-order valence-corrected chi connectivity index (χ0v) is 10.1. The number of hydrogen-bond acceptors (Lipinski definition) is 3. The second-order valence-electron chi connectivity index (χ2n) is 3.90. The Labute approximate surface area is 106 Å². The third-order valence-electron chi connectivity index (χ3n) is 2.52. The molecule has 96 valence electrons. The fourth-order valence-corrected chi connectivity index (χ4v) is 1.57.